The molecular formula is C20H24N2O6S. The second-order valence-electron chi connectivity index (χ2n) is 7.15. The Bertz CT molecular complexity index is 942. The maximum atomic E-state index is 12.5. The van der Waals surface area contributed by atoms with Gasteiger partial charge in [0.05, 0.1) is 6.10 Å². The summed E-state index contributed by atoms with van der Waals surface area (Å²) in [5.41, 5.74) is 0.555. The topological polar surface area (TPSA) is 98.1 Å². The molecule has 9 heteroatoms. The van der Waals surface area contributed by atoms with E-state index < -0.39 is 15.9 Å². The summed E-state index contributed by atoms with van der Waals surface area (Å²) < 4.78 is 42.9. The van der Waals surface area contributed by atoms with Crippen LogP contribution >= 0.6 is 0 Å². The summed E-state index contributed by atoms with van der Waals surface area (Å²) >= 11 is 0. The highest BCUT2D eigenvalue weighted by molar-refractivity contribution is 7.89. The van der Waals surface area contributed by atoms with Crippen LogP contribution in [0.4, 0.5) is 5.69 Å². The Morgan fingerprint density at radius 3 is 2.55 bits per heavy atom. The zero-order chi connectivity index (χ0) is 20.3. The number of carbonyl (C=O) groups is 1. The highest BCUT2D eigenvalue weighted by atomic mass is 32.2. The number of benzene rings is 1. The lowest BCUT2D eigenvalue weighted by atomic mass is 10.2. The van der Waals surface area contributed by atoms with Gasteiger partial charge < -0.3 is 19.2 Å². The molecule has 0 aliphatic carbocycles. The van der Waals surface area contributed by atoms with Crippen molar-refractivity contribution in [3.63, 3.8) is 0 Å². The molecule has 2 saturated heterocycles. The molecule has 156 valence electrons. The largest absolute Gasteiger partial charge is 0.491 e. The van der Waals surface area contributed by atoms with E-state index in [0.29, 0.717) is 31.1 Å². The van der Waals surface area contributed by atoms with Gasteiger partial charge in [0.15, 0.2) is 5.76 Å². The van der Waals surface area contributed by atoms with Crippen LogP contribution in [0.25, 0.3) is 0 Å². The molecule has 29 heavy (non-hydrogen) atoms. The lowest BCUT2D eigenvalue weighted by molar-refractivity contribution is 0.0679. The molecule has 4 rings (SSSR count). The third-order valence-electron chi connectivity index (χ3n) is 5.04. The Balaban J connectivity index is 1.35. The number of ether oxygens (including phenoxy) is 2. The minimum Gasteiger partial charge on any atom is -0.491 e. The van der Waals surface area contributed by atoms with Crippen LogP contribution in [0.3, 0.4) is 0 Å². The Morgan fingerprint density at radius 2 is 1.86 bits per heavy atom. The van der Waals surface area contributed by atoms with Crippen molar-refractivity contribution in [2.45, 2.75) is 36.9 Å². The molecule has 0 radical (unpaired) electrons. The monoisotopic (exact) mass is 420 g/mol. The van der Waals surface area contributed by atoms with E-state index in [1.807, 2.05) is 0 Å². The summed E-state index contributed by atoms with van der Waals surface area (Å²) in [6.45, 7) is 2.25. The molecule has 1 amide bonds. The predicted octanol–water partition coefficient (Wildman–Crippen LogP) is 2.87. The number of hydrogen-bond donors (Lipinski definition) is 1. The van der Waals surface area contributed by atoms with Gasteiger partial charge in [-0.25, -0.2) is 8.42 Å². The van der Waals surface area contributed by atoms with Crippen molar-refractivity contribution in [1.29, 1.82) is 0 Å². The van der Waals surface area contributed by atoms with E-state index in [9.17, 15) is 13.2 Å². The van der Waals surface area contributed by atoms with Gasteiger partial charge in [0.2, 0.25) is 5.09 Å². The molecule has 3 heterocycles. The second kappa shape index (κ2) is 8.56. The van der Waals surface area contributed by atoms with Gasteiger partial charge in [-0.3, -0.25) is 4.79 Å². The number of carbonyl (C=O) groups excluding carboxylic acids is 1. The standard InChI is InChI=1S/C20H24N2O6S/c23-20(18-9-10-19(28-18)29(24,25)22-11-1-2-12-22)21-15-5-7-16(8-6-15)27-14-17-4-3-13-26-17/h5-10,17H,1-4,11-14H2,(H,21,23)/t17-/m0/s1. The molecule has 1 aromatic heterocycles. The predicted molar refractivity (Wildman–Crippen MR) is 106 cm³/mol. The van der Waals surface area contributed by atoms with Crippen LogP contribution in [0.2, 0.25) is 0 Å². The average molecular weight is 420 g/mol. The first-order chi connectivity index (χ1) is 14.0. The van der Waals surface area contributed by atoms with Gasteiger partial charge in [0.25, 0.3) is 15.9 Å². The van der Waals surface area contributed by atoms with Gasteiger partial charge in [-0.2, -0.15) is 4.31 Å². The smallest absolute Gasteiger partial charge is 0.291 e. The minimum atomic E-state index is -3.68. The van der Waals surface area contributed by atoms with E-state index in [-0.39, 0.29) is 17.0 Å². The maximum absolute atomic E-state index is 12.5. The van der Waals surface area contributed by atoms with Crippen molar-refractivity contribution in [3.8, 4) is 5.75 Å². The van der Waals surface area contributed by atoms with Crippen LogP contribution in [0.1, 0.15) is 36.2 Å². The average Bonchev–Trinajstić information content (AvgIpc) is 3.50. The van der Waals surface area contributed by atoms with Gasteiger partial charge in [-0.05, 0) is 62.1 Å². The van der Waals surface area contributed by atoms with Gasteiger partial charge in [-0.15, -0.1) is 0 Å². The van der Waals surface area contributed by atoms with Gasteiger partial charge >= 0.3 is 0 Å². The van der Waals surface area contributed by atoms with Crippen LogP contribution in [0.5, 0.6) is 5.75 Å². The number of nitrogens with zero attached hydrogens (tertiary/aromatic N) is 1. The fourth-order valence-corrected chi connectivity index (χ4v) is 4.86. The molecule has 0 bridgehead atoms. The van der Waals surface area contributed by atoms with Gasteiger partial charge in [0.1, 0.15) is 12.4 Å². The molecule has 0 saturated carbocycles. The summed E-state index contributed by atoms with van der Waals surface area (Å²) in [6, 6.07) is 9.65. The van der Waals surface area contributed by atoms with Crippen LogP contribution in [0.15, 0.2) is 45.9 Å². The maximum Gasteiger partial charge on any atom is 0.291 e. The fraction of sp³-hybridized carbons (Fsp3) is 0.450. The van der Waals surface area contributed by atoms with E-state index in [1.165, 1.54) is 16.4 Å². The first-order valence-electron chi connectivity index (χ1n) is 9.78. The Labute approximate surface area is 169 Å². The summed E-state index contributed by atoms with van der Waals surface area (Å²) in [7, 11) is -3.68. The van der Waals surface area contributed by atoms with Crippen LogP contribution in [0, 0.1) is 0 Å². The van der Waals surface area contributed by atoms with E-state index in [4.69, 9.17) is 13.9 Å². The lowest BCUT2D eigenvalue weighted by Gasteiger charge is -2.12. The first-order valence-corrected chi connectivity index (χ1v) is 11.2. The van der Waals surface area contributed by atoms with Crippen molar-refractivity contribution < 1.29 is 27.1 Å². The Hall–Kier alpha value is -2.36. The quantitative estimate of drug-likeness (QED) is 0.740. The molecule has 2 aliphatic rings. The van der Waals surface area contributed by atoms with Gasteiger partial charge in [0, 0.05) is 25.4 Å². The fourth-order valence-electron chi connectivity index (χ4n) is 3.43. The van der Waals surface area contributed by atoms with E-state index >= 15 is 0 Å². The Kier molecular flexibility index (Phi) is 5.89. The summed E-state index contributed by atoms with van der Waals surface area (Å²) in [5, 5.41) is 2.49. The molecule has 0 unspecified atom stereocenters. The third-order valence-corrected chi connectivity index (χ3v) is 6.81. The molecule has 2 aliphatic heterocycles. The number of sulfonamides is 1. The van der Waals surface area contributed by atoms with E-state index in [0.717, 1.165) is 32.3 Å². The summed E-state index contributed by atoms with van der Waals surface area (Å²) in [6.07, 6.45) is 3.88. The van der Waals surface area contributed by atoms with Crippen molar-refractivity contribution in [2.24, 2.45) is 0 Å². The zero-order valence-corrected chi connectivity index (χ0v) is 16.8. The Morgan fingerprint density at radius 1 is 1.10 bits per heavy atom. The number of nitrogens with one attached hydrogen (secondary N) is 1. The first kappa shape index (κ1) is 19.9. The summed E-state index contributed by atoms with van der Waals surface area (Å²) in [5.74, 6) is 0.123. The number of amides is 1. The van der Waals surface area contributed by atoms with Crippen molar-refractivity contribution in [3.05, 3.63) is 42.2 Å². The highest BCUT2D eigenvalue weighted by Crippen LogP contribution is 2.24. The number of furan rings is 1. The van der Waals surface area contributed by atoms with Crippen molar-refractivity contribution in [2.75, 3.05) is 31.6 Å². The van der Waals surface area contributed by atoms with E-state index in [1.54, 1.807) is 24.3 Å². The molecular weight excluding hydrogens is 396 g/mol. The molecule has 0 spiro atoms. The van der Waals surface area contributed by atoms with Crippen LogP contribution in [-0.2, 0) is 14.8 Å². The lowest BCUT2D eigenvalue weighted by Crippen LogP contribution is -2.27. The zero-order valence-electron chi connectivity index (χ0n) is 16.0. The normalized spacial score (nSPS) is 20.1. The molecule has 1 aromatic carbocycles. The van der Waals surface area contributed by atoms with Crippen molar-refractivity contribution in [1.82, 2.24) is 4.31 Å². The SMILES string of the molecule is O=C(Nc1ccc(OC[C@@H]2CCCO2)cc1)c1ccc(S(=O)(=O)N2CCCC2)o1. The summed E-state index contributed by atoms with van der Waals surface area (Å²) in [4.78, 5) is 12.4. The molecule has 1 N–H and O–H groups in total. The van der Waals surface area contributed by atoms with Gasteiger partial charge in [-0.1, -0.05) is 0 Å². The highest BCUT2D eigenvalue weighted by Gasteiger charge is 2.30. The number of anilines is 1. The second-order valence-corrected chi connectivity index (χ2v) is 9.02. The van der Waals surface area contributed by atoms with Crippen LogP contribution in [-0.4, -0.2) is 51.0 Å². The molecule has 8 nitrogen and oxygen atoms in total. The number of hydrogen-bond acceptors (Lipinski definition) is 6. The van der Waals surface area contributed by atoms with Crippen molar-refractivity contribution >= 4 is 21.6 Å². The molecule has 2 aromatic rings. The van der Waals surface area contributed by atoms with Crippen LogP contribution < -0.4 is 10.1 Å². The molecule has 1 atom stereocenters. The minimum absolute atomic E-state index is 0.0542. The third kappa shape index (κ3) is 4.63. The number of rotatable bonds is 7. The van der Waals surface area contributed by atoms with E-state index in [2.05, 4.69) is 5.32 Å². The molecule has 2 fully saturated rings.